The molecule has 1 N–H and O–H groups in total. The molecule has 1 aromatic carbocycles. The van der Waals surface area contributed by atoms with E-state index in [0.29, 0.717) is 17.1 Å². The second-order valence-corrected chi connectivity index (χ2v) is 4.11. The number of hydrogen-bond donors (Lipinski definition) is 1. The summed E-state index contributed by atoms with van der Waals surface area (Å²) >= 11 is 0. The molecule has 0 saturated carbocycles. The minimum atomic E-state index is -1.48. The first kappa shape index (κ1) is 13.6. The Hall–Kier alpha value is -2.82. The minimum absolute atomic E-state index is 0.329. The summed E-state index contributed by atoms with van der Waals surface area (Å²) in [5.74, 6) is -1.04. The van der Waals surface area contributed by atoms with Crippen molar-refractivity contribution >= 4 is 18.0 Å². The maximum Gasteiger partial charge on any atom is 0.255 e. The van der Waals surface area contributed by atoms with Crippen LogP contribution in [0.5, 0.6) is 0 Å². The summed E-state index contributed by atoms with van der Waals surface area (Å²) < 4.78 is 5.23. The standard InChI is InChI=1S/C15H13NO4/c1-10-7-8-12(20-10)9-13(15(18)19)16-14(17)11-5-3-2-4-6-11/h2-9H,1H3,(H,16,17)(H,18,19)/p-1/b13-9+. The summed E-state index contributed by atoms with van der Waals surface area (Å²) in [5.41, 5.74) is 0.00322. The van der Waals surface area contributed by atoms with E-state index in [0.717, 1.165) is 0 Å². The largest absolute Gasteiger partial charge is 0.543 e. The molecule has 102 valence electrons. The third-order valence-electron chi connectivity index (χ3n) is 2.55. The van der Waals surface area contributed by atoms with E-state index in [9.17, 15) is 14.7 Å². The molecule has 5 heteroatoms. The highest BCUT2D eigenvalue weighted by molar-refractivity contribution is 6.01. The van der Waals surface area contributed by atoms with Crippen molar-refractivity contribution in [3.63, 3.8) is 0 Å². The Morgan fingerprint density at radius 1 is 1.15 bits per heavy atom. The van der Waals surface area contributed by atoms with Gasteiger partial charge in [0.15, 0.2) is 0 Å². The molecule has 1 amide bonds. The molecule has 0 spiro atoms. The Kier molecular flexibility index (Phi) is 4.00. The molecule has 0 atom stereocenters. The van der Waals surface area contributed by atoms with Gasteiger partial charge >= 0.3 is 0 Å². The van der Waals surface area contributed by atoms with E-state index in [4.69, 9.17) is 4.42 Å². The van der Waals surface area contributed by atoms with Crippen molar-refractivity contribution in [3.8, 4) is 0 Å². The second kappa shape index (κ2) is 5.88. The molecule has 0 aliphatic rings. The van der Waals surface area contributed by atoms with E-state index in [2.05, 4.69) is 5.32 Å². The normalized spacial score (nSPS) is 11.2. The number of hydrogen-bond acceptors (Lipinski definition) is 4. The third kappa shape index (κ3) is 3.35. The molecule has 0 aliphatic heterocycles. The maximum atomic E-state index is 11.9. The number of aryl methyl sites for hydroxylation is 1. The van der Waals surface area contributed by atoms with Gasteiger partial charge < -0.3 is 19.6 Å². The molecule has 0 radical (unpaired) electrons. The Morgan fingerprint density at radius 3 is 2.40 bits per heavy atom. The van der Waals surface area contributed by atoms with E-state index >= 15 is 0 Å². The highest BCUT2D eigenvalue weighted by Gasteiger charge is 2.09. The fraction of sp³-hybridized carbons (Fsp3) is 0.0667. The highest BCUT2D eigenvalue weighted by atomic mass is 16.4. The average Bonchev–Trinajstić information content (AvgIpc) is 2.84. The number of carbonyl (C=O) groups is 2. The van der Waals surface area contributed by atoms with Crippen LogP contribution in [-0.2, 0) is 4.79 Å². The van der Waals surface area contributed by atoms with Gasteiger partial charge in [0, 0.05) is 11.6 Å². The van der Waals surface area contributed by atoms with Crippen LogP contribution in [0.1, 0.15) is 21.9 Å². The SMILES string of the molecule is Cc1ccc(/C=C(/NC(=O)c2ccccc2)C(=O)[O-])o1. The predicted molar refractivity (Wildman–Crippen MR) is 70.3 cm³/mol. The maximum absolute atomic E-state index is 11.9. The Balaban J connectivity index is 2.20. The van der Waals surface area contributed by atoms with E-state index < -0.39 is 11.9 Å². The Morgan fingerprint density at radius 2 is 1.85 bits per heavy atom. The zero-order valence-electron chi connectivity index (χ0n) is 10.8. The number of carbonyl (C=O) groups excluding carboxylic acids is 2. The Labute approximate surface area is 115 Å². The number of nitrogens with one attached hydrogen (secondary N) is 1. The van der Waals surface area contributed by atoms with Gasteiger partial charge in [-0.25, -0.2) is 0 Å². The van der Waals surface area contributed by atoms with Crippen LogP contribution in [0.25, 0.3) is 6.08 Å². The van der Waals surface area contributed by atoms with Crippen LogP contribution in [0.4, 0.5) is 0 Å². The van der Waals surface area contributed by atoms with E-state index in [1.54, 1.807) is 49.4 Å². The first-order valence-electron chi connectivity index (χ1n) is 5.92. The number of amides is 1. The van der Waals surface area contributed by atoms with Gasteiger partial charge in [-0.15, -0.1) is 0 Å². The summed E-state index contributed by atoms with van der Waals surface area (Å²) in [6.07, 6.45) is 1.21. The van der Waals surface area contributed by atoms with Gasteiger partial charge in [0.25, 0.3) is 5.91 Å². The summed E-state index contributed by atoms with van der Waals surface area (Å²) in [6, 6.07) is 11.6. The smallest absolute Gasteiger partial charge is 0.255 e. The fourth-order valence-corrected chi connectivity index (χ4v) is 1.60. The van der Waals surface area contributed by atoms with Crippen molar-refractivity contribution in [2.24, 2.45) is 0 Å². The first-order chi connectivity index (χ1) is 9.56. The number of carboxylic acid groups (broad SMARTS) is 1. The zero-order valence-corrected chi connectivity index (χ0v) is 10.8. The topological polar surface area (TPSA) is 82.4 Å². The van der Waals surface area contributed by atoms with Gasteiger partial charge in [-0.1, -0.05) is 18.2 Å². The van der Waals surface area contributed by atoms with Crippen LogP contribution in [0, 0.1) is 6.92 Å². The number of benzene rings is 1. The van der Waals surface area contributed by atoms with Gasteiger partial charge in [0.1, 0.15) is 11.5 Å². The lowest BCUT2D eigenvalue weighted by Gasteiger charge is -2.10. The highest BCUT2D eigenvalue weighted by Crippen LogP contribution is 2.10. The van der Waals surface area contributed by atoms with Crippen molar-refractivity contribution in [3.05, 3.63) is 65.2 Å². The molecule has 2 rings (SSSR count). The van der Waals surface area contributed by atoms with E-state index in [1.807, 2.05) is 0 Å². The summed E-state index contributed by atoms with van der Waals surface area (Å²) in [7, 11) is 0. The predicted octanol–water partition coefficient (Wildman–Crippen LogP) is 1.11. The van der Waals surface area contributed by atoms with Crippen LogP contribution in [-0.4, -0.2) is 11.9 Å². The molecule has 0 fully saturated rings. The molecule has 1 heterocycles. The average molecular weight is 270 g/mol. The number of furan rings is 1. The molecule has 5 nitrogen and oxygen atoms in total. The van der Waals surface area contributed by atoms with E-state index in [-0.39, 0.29) is 5.70 Å². The van der Waals surface area contributed by atoms with Gasteiger partial charge in [-0.05, 0) is 31.2 Å². The van der Waals surface area contributed by atoms with Crippen molar-refractivity contribution in [2.75, 3.05) is 0 Å². The summed E-state index contributed by atoms with van der Waals surface area (Å²) in [4.78, 5) is 22.9. The van der Waals surface area contributed by atoms with Gasteiger partial charge in [-0.3, -0.25) is 4.79 Å². The molecular weight excluding hydrogens is 258 g/mol. The van der Waals surface area contributed by atoms with Crippen LogP contribution < -0.4 is 10.4 Å². The molecule has 20 heavy (non-hydrogen) atoms. The lowest BCUT2D eigenvalue weighted by Crippen LogP contribution is -2.35. The molecule has 0 aliphatic carbocycles. The summed E-state index contributed by atoms with van der Waals surface area (Å²) in [5, 5.41) is 13.3. The van der Waals surface area contributed by atoms with Crippen molar-refractivity contribution in [1.82, 2.24) is 5.32 Å². The van der Waals surface area contributed by atoms with Crippen LogP contribution in [0.2, 0.25) is 0 Å². The van der Waals surface area contributed by atoms with Gasteiger partial charge in [0.2, 0.25) is 0 Å². The lowest BCUT2D eigenvalue weighted by atomic mass is 10.2. The van der Waals surface area contributed by atoms with Gasteiger partial charge in [-0.2, -0.15) is 0 Å². The molecule has 0 saturated heterocycles. The number of carboxylic acids is 1. The van der Waals surface area contributed by atoms with Crippen molar-refractivity contribution < 1.29 is 19.1 Å². The number of rotatable bonds is 4. The monoisotopic (exact) mass is 270 g/mol. The lowest BCUT2D eigenvalue weighted by molar-refractivity contribution is -0.299. The quantitative estimate of drug-likeness (QED) is 0.844. The first-order valence-corrected chi connectivity index (χ1v) is 5.92. The second-order valence-electron chi connectivity index (χ2n) is 4.11. The van der Waals surface area contributed by atoms with Crippen molar-refractivity contribution in [2.45, 2.75) is 6.92 Å². The molecule has 0 unspecified atom stereocenters. The van der Waals surface area contributed by atoms with E-state index in [1.165, 1.54) is 6.08 Å². The Bertz CT molecular complexity index is 656. The zero-order chi connectivity index (χ0) is 14.5. The van der Waals surface area contributed by atoms with Crippen molar-refractivity contribution in [1.29, 1.82) is 0 Å². The van der Waals surface area contributed by atoms with Gasteiger partial charge in [0.05, 0.1) is 11.7 Å². The summed E-state index contributed by atoms with van der Waals surface area (Å²) in [6.45, 7) is 1.73. The molecule has 2 aromatic rings. The molecular formula is C15H12NO4-. The molecule has 1 aromatic heterocycles. The van der Waals surface area contributed by atoms with Crippen LogP contribution >= 0.6 is 0 Å². The van der Waals surface area contributed by atoms with Crippen LogP contribution in [0.15, 0.2) is 52.6 Å². The molecule has 0 bridgehead atoms. The van der Waals surface area contributed by atoms with Crippen LogP contribution in [0.3, 0.4) is 0 Å². The minimum Gasteiger partial charge on any atom is -0.543 e. The fourth-order valence-electron chi connectivity index (χ4n) is 1.60. The number of aliphatic carboxylic acids is 1. The third-order valence-corrected chi connectivity index (χ3v) is 2.55.